The Kier molecular flexibility index (Phi) is 6.16. The van der Waals surface area contributed by atoms with E-state index in [4.69, 9.17) is 5.11 Å². The Morgan fingerprint density at radius 2 is 1.82 bits per heavy atom. The van der Waals surface area contributed by atoms with Crippen LogP contribution in [0, 0.1) is 5.41 Å². The third kappa shape index (κ3) is 6.26. The number of carboxylic acid groups (broad SMARTS) is 1. The van der Waals surface area contributed by atoms with E-state index in [9.17, 15) is 9.59 Å². The fourth-order valence-corrected chi connectivity index (χ4v) is 1.27. The van der Waals surface area contributed by atoms with Gasteiger partial charge in [0, 0.05) is 6.04 Å². The van der Waals surface area contributed by atoms with Gasteiger partial charge >= 0.3 is 5.97 Å². The normalized spacial score (nSPS) is 15.1. The van der Waals surface area contributed by atoms with Crippen LogP contribution in [-0.4, -0.2) is 35.6 Å². The van der Waals surface area contributed by atoms with Gasteiger partial charge in [0.1, 0.15) is 6.04 Å². The maximum absolute atomic E-state index is 11.6. The van der Waals surface area contributed by atoms with Crippen LogP contribution < -0.4 is 10.6 Å². The van der Waals surface area contributed by atoms with Gasteiger partial charge in [0.2, 0.25) is 5.91 Å². The molecule has 2 atom stereocenters. The van der Waals surface area contributed by atoms with Crippen LogP contribution in [-0.2, 0) is 9.59 Å². The maximum Gasteiger partial charge on any atom is 0.326 e. The topological polar surface area (TPSA) is 78.4 Å². The average Bonchev–Trinajstić information content (AvgIpc) is 2.20. The third-order valence-corrected chi connectivity index (χ3v) is 2.64. The summed E-state index contributed by atoms with van der Waals surface area (Å²) in [4.78, 5) is 22.6. The fourth-order valence-electron chi connectivity index (χ4n) is 1.27. The van der Waals surface area contributed by atoms with Gasteiger partial charge < -0.3 is 15.7 Å². The summed E-state index contributed by atoms with van der Waals surface area (Å²) >= 11 is 0. The summed E-state index contributed by atoms with van der Waals surface area (Å²) in [6, 6.07) is -0.618. The predicted octanol–water partition coefficient (Wildman–Crippen LogP) is 0.990. The number of hydrogen-bond acceptors (Lipinski definition) is 3. The number of hydrogen-bond donors (Lipinski definition) is 3. The molecule has 0 radical (unpaired) electrons. The van der Waals surface area contributed by atoms with Crippen molar-refractivity contribution in [2.45, 2.75) is 53.1 Å². The Morgan fingerprint density at radius 3 is 2.18 bits per heavy atom. The van der Waals surface area contributed by atoms with Crippen LogP contribution in [0.25, 0.3) is 0 Å². The Bertz CT molecular complexity index is 271. The molecule has 0 rings (SSSR count). The first-order chi connectivity index (χ1) is 7.68. The largest absolute Gasteiger partial charge is 0.480 e. The van der Waals surface area contributed by atoms with Gasteiger partial charge in [-0.25, -0.2) is 4.79 Å². The molecule has 0 spiro atoms. The maximum atomic E-state index is 11.6. The highest BCUT2D eigenvalue weighted by molar-refractivity contribution is 5.85. The minimum atomic E-state index is -1.01. The summed E-state index contributed by atoms with van der Waals surface area (Å²) in [5, 5.41) is 14.6. The van der Waals surface area contributed by atoms with Crippen molar-refractivity contribution in [3.63, 3.8) is 0 Å². The quantitative estimate of drug-likeness (QED) is 0.651. The molecule has 0 aromatic carbocycles. The van der Waals surface area contributed by atoms with Crippen LogP contribution in [0.1, 0.15) is 41.0 Å². The van der Waals surface area contributed by atoms with Gasteiger partial charge in [-0.3, -0.25) is 4.79 Å². The van der Waals surface area contributed by atoms with Crippen LogP contribution in [0.3, 0.4) is 0 Å². The van der Waals surface area contributed by atoms with Crippen molar-refractivity contribution in [2.75, 3.05) is 6.54 Å². The molecule has 3 N–H and O–H groups in total. The van der Waals surface area contributed by atoms with Gasteiger partial charge in [-0.15, -0.1) is 0 Å². The molecule has 0 fully saturated rings. The zero-order valence-corrected chi connectivity index (χ0v) is 11.3. The molecule has 0 aliphatic carbocycles. The molecule has 0 aliphatic rings. The van der Waals surface area contributed by atoms with Crippen molar-refractivity contribution < 1.29 is 14.7 Å². The monoisotopic (exact) mass is 244 g/mol. The zero-order valence-electron chi connectivity index (χ0n) is 11.3. The van der Waals surface area contributed by atoms with Crippen molar-refractivity contribution in [2.24, 2.45) is 5.41 Å². The highest BCUT2D eigenvalue weighted by atomic mass is 16.4. The first-order valence-electron chi connectivity index (χ1n) is 5.94. The Labute approximate surface area is 103 Å². The molecule has 5 nitrogen and oxygen atoms in total. The SMILES string of the molecule is CCC(C)NCC(=O)N[C@@H](C(=O)O)C(C)(C)C. The number of rotatable bonds is 6. The summed E-state index contributed by atoms with van der Waals surface area (Å²) in [6.07, 6.45) is 0.926. The molecule has 1 unspecified atom stereocenters. The van der Waals surface area contributed by atoms with E-state index in [1.165, 1.54) is 0 Å². The second-order valence-electron chi connectivity index (χ2n) is 5.39. The number of amides is 1. The molecule has 5 heteroatoms. The lowest BCUT2D eigenvalue weighted by Crippen LogP contribution is -2.51. The van der Waals surface area contributed by atoms with E-state index in [0.717, 1.165) is 6.42 Å². The van der Waals surface area contributed by atoms with Crippen molar-refractivity contribution in [3.05, 3.63) is 0 Å². The second kappa shape index (κ2) is 6.59. The van der Waals surface area contributed by atoms with Crippen LogP contribution in [0.2, 0.25) is 0 Å². The third-order valence-electron chi connectivity index (χ3n) is 2.64. The van der Waals surface area contributed by atoms with Gasteiger partial charge in [0.15, 0.2) is 0 Å². The lowest BCUT2D eigenvalue weighted by atomic mass is 9.87. The van der Waals surface area contributed by atoms with Gasteiger partial charge in [0.25, 0.3) is 0 Å². The molecular weight excluding hydrogens is 220 g/mol. The van der Waals surface area contributed by atoms with E-state index < -0.39 is 17.4 Å². The minimum absolute atomic E-state index is 0.148. The summed E-state index contributed by atoms with van der Waals surface area (Å²) in [5.41, 5.74) is -0.502. The van der Waals surface area contributed by atoms with Crippen LogP contribution in [0.4, 0.5) is 0 Å². The van der Waals surface area contributed by atoms with E-state index >= 15 is 0 Å². The zero-order chi connectivity index (χ0) is 13.6. The minimum Gasteiger partial charge on any atom is -0.480 e. The average molecular weight is 244 g/mol. The van der Waals surface area contributed by atoms with Crippen LogP contribution >= 0.6 is 0 Å². The summed E-state index contributed by atoms with van der Waals surface area (Å²) in [5.74, 6) is -1.29. The highest BCUT2D eigenvalue weighted by Crippen LogP contribution is 2.19. The Balaban J connectivity index is 4.29. The summed E-state index contributed by atoms with van der Waals surface area (Å²) in [7, 11) is 0. The van der Waals surface area contributed by atoms with Crippen molar-refractivity contribution in [1.82, 2.24) is 10.6 Å². The molecule has 100 valence electrons. The first kappa shape index (κ1) is 15.9. The van der Waals surface area contributed by atoms with E-state index in [0.29, 0.717) is 0 Å². The van der Waals surface area contributed by atoms with Gasteiger partial charge in [-0.2, -0.15) is 0 Å². The number of nitrogens with one attached hydrogen (secondary N) is 2. The van der Waals surface area contributed by atoms with E-state index in [-0.39, 0.29) is 18.5 Å². The number of aliphatic carboxylic acids is 1. The summed E-state index contributed by atoms with van der Waals surface area (Å²) in [6.45, 7) is 9.50. The second-order valence-corrected chi connectivity index (χ2v) is 5.39. The smallest absolute Gasteiger partial charge is 0.326 e. The lowest BCUT2D eigenvalue weighted by Gasteiger charge is -2.28. The van der Waals surface area contributed by atoms with Crippen molar-refractivity contribution in [3.8, 4) is 0 Å². The standard InChI is InChI=1S/C12H24N2O3/c1-6-8(2)13-7-9(15)14-10(11(16)17)12(3,4)5/h8,10,13H,6-7H2,1-5H3,(H,14,15)(H,16,17)/t8?,10-/m0/s1. The molecule has 0 saturated heterocycles. The molecule has 0 bridgehead atoms. The number of carbonyl (C=O) groups is 2. The molecule has 0 aromatic heterocycles. The molecule has 0 saturated carbocycles. The number of carboxylic acids is 1. The van der Waals surface area contributed by atoms with Crippen LogP contribution in [0.5, 0.6) is 0 Å². The number of carbonyl (C=O) groups excluding carboxylic acids is 1. The summed E-state index contributed by atoms with van der Waals surface area (Å²) < 4.78 is 0. The lowest BCUT2D eigenvalue weighted by molar-refractivity contribution is -0.144. The Morgan fingerprint density at radius 1 is 1.29 bits per heavy atom. The molecular formula is C12H24N2O3. The fraction of sp³-hybridized carbons (Fsp3) is 0.833. The molecule has 0 aliphatic heterocycles. The predicted molar refractivity (Wildman–Crippen MR) is 66.8 cm³/mol. The molecule has 0 heterocycles. The van der Waals surface area contributed by atoms with Crippen LogP contribution in [0.15, 0.2) is 0 Å². The first-order valence-corrected chi connectivity index (χ1v) is 5.94. The van der Waals surface area contributed by atoms with Crippen molar-refractivity contribution >= 4 is 11.9 Å². The van der Waals surface area contributed by atoms with E-state index in [2.05, 4.69) is 10.6 Å². The van der Waals surface area contributed by atoms with E-state index in [1.807, 2.05) is 13.8 Å². The van der Waals surface area contributed by atoms with E-state index in [1.54, 1.807) is 20.8 Å². The Hall–Kier alpha value is -1.10. The molecule has 1 amide bonds. The van der Waals surface area contributed by atoms with Gasteiger partial charge in [0.05, 0.1) is 6.54 Å². The van der Waals surface area contributed by atoms with Gasteiger partial charge in [-0.1, -0.05) is 27.7 Å². The molecule has 17 heavy (non-hydrogen) atoms. The molecule has 0 aromatic rings. The van der Waals surface area contributed by atoms with Gasteiger partial charge in [-0.05, 0) is 18.8 Å². The van der Waals surface area contributed by atoms with Crippen molar-refractivity contribution in [1.29, 1.82) is 0 Å². The highest BCUT2D eigenvalue weighted by Gasteiger charge is 2.32.